The summed E-state index contributed by atoms with van der Waals surface area (Å²) in [6.07, 6.45) is 5.21. The zero-order valence-electron chi connectivity index (χ0n) is 15.3. The van der Waals surface area contributed by atoms with Gasteiger partial charge in [-0.2, -0.15) is 0 Å². The van der Waals surface area contributed by atoms with E-state index in [1.54, 1.807) is 31.6 Å². The van der Waals surface area contributed by atoms with Crippen molar-refractivity contribution in [3.63, 3.8) is 0 Å². The summed E-state index contributed by atoms with van der Waals surface area (Å²) in [5, 5.41) is 9.22. The van der Waals surface area contributed by atoms with Gasteiger partial charge in [0.25, 0.3) is 0 Å². The minimum Gasteiger partial charge on any atom is -0.496 e. The van der Waals surface area contributed by atoms with Crippen LogP contribution in [0.25, 0.3) is 11.4 Å². The first-order chi connectivity index (χ1) is 13.1. The molecule has 0 spiro atoms. The van der Waals surface area contributed by atoms with Gasteiger partial charge in [0.15, 0.2) is 16.8 Å². The van der Waals surface area contributed by atoms with Crippen molar-refractivity contribution in [3.8, 4) is 17.1 Å². The second kappa shape index (κ2) is 8.64. The van der Waals surface area contributed by atoms with Gasteiger partial charge in [-0.25, -0.2) is 0 Å². The van der Waals surface area contributed by atoms with E-state index < -0.39 is 0 Å². The summed E-state index contributed by atoms with van der Waals surface area (Å²) in [5.41, 5.74) is 2.51. The summed E-state index contributed by atoms with van der Waals surface area (Å²) in [5.74, 6) is 1.81. The van der Waals surface area contributed by atoms with Crippen LogP contribution in [0.3, 0.4) is 0 Å². The van der Waals surface area contributed by atoms with Crippen molar-refractivity contribution in [1.82, 2.24) is 19.7 Å². The van der Waals surface area contributed by atoms with Crippen LogP contribution in [0, 0.1) is 6.92 Å². The van der Waals surface area contributed by atoms with Crippen molar-refractivity contribution in [1.29, 1.82) is 0 Å². The Hall–Kier alpha value is -2.93. The Labute approximate surface area is 162 Å². The van der Waals surface area contributed by atoms with Gasteiger partial charge in [-0.05, 0) is 42.8 Å². The Morgan fingerprint density at radius 2 is 2.04 bits per heavy atom. The Kier molecular flexibility index (Phi) is 6.03. The number of nitrogens with zero attached hydrogens (tertiary/aromatic N) is 4. The highest BCUT2D eigenvalue weighted by molar-refractivity contribution is 7.99. The maximum absolute atomic E-state index is 12.6. The molecule has 0 aliphatic heterocycles. The number of ether oxygens (including phenoxy) is 1. The Morgan fingerprint density at radius 3 is 2.70 bits per heavy atom. The van der Waals surface area contributed by atoms with E-state index in [0.29, 0.717) is 17.3 Å². The number of carbonyl (C=O) groups is 1. The van der Waals surface area contributed by atoms with Gasteiger partial charge in [0.2, 0.25) is 0 Å². The van der Waals surface area contributed by atoms with Crippen LogP contribution in [0.2, 0.25) is 0 Å². The SMILES string of the molecule is C=CCn1c(SCC(=O)c2ccc(OC)c(C)c2)nnc1-c1ccncc1. The van der Waals surface area contributed by atoms with E-state index in [-0.39, 0.29) is 11.5 Å². The molecule has 6 nitrogen and oxygen atoms in total. The molecule has 0 saturated carbocycles. The largest absolute Gasteiger partial charge is 0.496 e. The summed E-state index contributed by atoms with van der Waals surface area (Å²) >= 11 is 1.37. The number of hydrogen-bond acceptors (Lipinski definition) is 6. The zero-order valence-corrected chi connectivity index (χ0v) is 16.1. The molecule has 0 atom stereocenters. The topological polar surface area (TPSA) is 69.9 Å². The fraction of sp³-hybridized carbons (Fsp3) is 0.200. The first kappa shape index (κ1) is 18.8. The van der Waals surface area contributed by atoms with Crippen LogP contribution < -0.4 is 4.74 Å². The van der Waals surface area contributed by atoms with Crippen molar-refractivity contribution in [3.05, 3.63) is 66.5 Å². The van der Waals surface area contributed by atoms with Gasteiger partial charge in [-0.3, -0.25) is 14.3 Å². The number of aryl methyl sites for hydroxylation is 1. The zero-order chi connectivity index (χ0) is 19.2. The molecule has 0 aliphatic carbocycles. The number of ketones is 1. The van der Waals surface area contributed by atoms with Gasteiger partial charge in [-0.15, -0.1) is 16.8 Å². The highest BCUT2D eigenvalue weighted by Crippen LogP contribution is 2.25. The number of methoxy groups -OCH3 is 1. The highest BCUT2D eigenvalue weighted by atomic mass is 32.2. The molecule has 2 heterocycles. The van der Waals surface area contributed by atoms with Crippen LogP contribution in [0.4, 0.5) is 0 Å². The van der Waals surface area contributed by atoms with Gasteiger partial charge < -0.3 is 4.74 Å². The lowest BCUT2D eigenvalue weighted by atomic mass is 10.1. The van der Waals surface area contributed by atoms with Crippen molar-refractivity contribution >= 4 is 17.5 Å². The van der Waals surface area contributed by atoms with Crippen molar-refractivity contribution in [2.45, 2.75) is 18.6 Å². The van der Waals surface area contributed by atoms with E-state index >= 15 is 0 Å². The monoisotopic (exact) mass is 380 g/mol. The van der Waals surface area contributed by atoms with E-state index in [9.17, 15) is 4.79 Å². The lowest BCUT2D eigenvalue weighted by Crippen LogP contribution is -2.06. The van der Waals surface area contributed by atoms with Crippen LogP contribution in [0.5, 0.6) is 5.75 Å². The molecule has 0 N–H and O–H groups in total. The van der Waals surface area contributed by atoms with Gasteiger partial charge in [0, 0.05) is 30.1 Å². The first-order valence-electron chi connectivity index (χ1n) is 8.39. The lowest BCUT2D eigenvalue weighted by molar-refractivity contribution is 0.102. The minimum atomic E-state index is 0.0318. The smallest absolute Gasteiger partial charge is 0.192 e. The molecule has 0 radical (unpaired) electrons. The maximum Gasteiger partial charge on any atom is 0.192 e. The number of Topliss-reactive ketones (excluding diaryl/α,β-unsaturated/α-hetero) is 1. The molecule has 0 saturated heterocycles. The molecule has 0 amide bonds. The first-order valence-corrected chi connectivity index (χ1v) is 9.37. The lowest BCUT2D eigenvalue weighted by Gasteiger charge is -2.08. The van der Waals surface area contributed by atoms with E-state index in [1.807, 2.05) is 35.8 Å². The molecule has 1 aromatic carbocycles. The number of pyridine rings is 1. The third kappa shape index (κ3) is 4.25. The van der Waals surface area contributed by atoms with Gasteiger partial charge in [0.1, 0.15) is 5.75 Å². The summed E-state index contributed by atoms with van der Waals surface area (Å²) in [4.78, 5) is 16.6. The molecular formula is C20H20N4O2S. The summed E-state index contributed by atoms with van der Waals surface area (Å²) in [6.45, 7) is 6.28. The van der Waals surface area contributed by atoms with Crippen LogP contribution in [0.15, 0.2) is 60.5 Å². The number of rotatable bonds is 8. The molecule has 7 heteroatoms. The molecule has 138 valence electrons. The third-order valence-corrected chi connectivity index (χ3v) is 4.98. The van der Waals surface area contributed by atoms with Crippen LogP contribution in [0.1, 0.15) is 15.9 Å². The molecule has 0 unspecified atom stereocenters. The summed E-state index contributed by atoms with van der Waals surface area (Å²) in [6, 6.07) is 9.20. The van der Waals surface area contributed by atoms with Gasteiger partial charge in [0.05, 0.1) is 12.9 Å². The number of benzene rings is 1. The average molecular weight is 380 g/mol. The molecule has 27 heavy (non-hydrogen) atoms. The molecule has 2 aromatic heterocycles. The average Bonchev–Trinajstić information content (AvgIpc) is 3.09. The Bertz CT molecular complexity index is 954. The normalized spacial score (nSPS) is 10.6. The highest BCUT2D eigenvalue weighted by Gasteiger charge is 2.16. The van der Waals surface area contributed by atoms with Crippen LogP contribution in [-0.4, -0.2) is 38.4 Å². The van der Waals surface area contributed by atoms with Crippen molar-refractivity contribution < 1.29 is 9.53 Å². The molecule has 0 fully saturated rings. The van der Waals surface area contributed by atoms with Crippen LogP contribution >= 0.6 is 11.8 Å². The number of hydrogen-bond donors (Lipinski definition) is 0. The Balaban J connectivity index is 1.78. The van der Waals surface area contributed by atoms with E-state index in [1.165, 1.54) is 11.8 Å². The molecule has 3 aromatic rings. The quantitative estimate of drug-likeness (QED) is 0.336. The predicted octanol–water partition coefficient (Wildman–Crippen LogP) is 3.82. The Morgan fingerprint density at radius 1 is 1.26 bits per heavy atom. The minimum absolute atomic E-state index is 0.0318. The van der Waals surface area contributed by atoms with E-state index in [0.717, 1.165) is 22.7 Å². The van der Waals surface area contributed by atoms with Gasteiger partial charge in [-0.1, -0.05) is 17.8 Å². The fourth-order valence-electron chi connectivity index (χ4n) is 2.67. The van der Waals surface area contributed by atoms with Crippen molar-refractivity contribution in [2.75, 3.05) is 12.9 Å². The standard InChI is InChI=1S/C20H20N4O2S/c1-4-11-24-19(15-7-9-21-10-8-15)22-23-20(24)27-13-17(25)16-5-6-18(26-3)14(2)12-16/h4-10,12H,1,11,13H2,2-3H3. The maximum atomic E-state index is 12.6. The number of thioether (sulfide) groups is 1. The third-order valence-electron chi connectivity index (χ3n) is 4.02. The number of aromatic nitrogens is 4. The molecule has 0 bridgehead atoms. The number of carbonyl (C=O) groups excluding carboxylic acids is 1. The van der Waals surface area contributed by atoms with Gasteiger partial charge >= 0.3 is 0 Å². The summed E-state index contributed by atoms with van der Waals surface area (Å²) in [7, 11) is 1.62. The predicted molar refractivity (Wildman–Crippen MR) is 106 cm³/mol. The van der Waals surface area contributed by atoms with Crippen LogP contribution in [-0.2, 0) is 6.54 Å². The second-order valence-corrected chi connectivity index (χ2v) is 6.78. The van der Waals surface area contributed by atoms with E-state index in [4.69, 9.17) is 4.74 Å². The second-order valence-electron chi connectivity index (χ2n) is 5.84. The summed E-state index contributed by atoms with van der Waals surface area (Å²) < 4.78 is 7.19. The van der Waals surface area contributed by atoms with E-state index in [2.05, 4.69) is 21.8 Å². The molecule has 0 aliphatic rings. The van der Waals surface area contributed by atoms with Crippen molar-refractivity contribution in [2.24, 2.45) is 0 Å². The molecule has 3 rings (SSSR count). The fourth-order valence-corrected chi connectivity index (χ4v) is 3.51. The molecular weight excluding hydrogens is 360 g/mol. The number of allylic oxidation sites excluding steroid dienone is 1.